The van der Waals surface area contributed by atoms with Gasteiger partial charge < -0.3 is 9.64 Å². The molecular formula is C26H27FN6O. The lowest BCUT2D eigenvalue weighted by Gasteiger charge is -2.38. The van der Waals surface area contributed by atoms with Crippen LogP contribution in [-0.2, 0) is 0 Å². The number of aromatic nitrogens is 4. The van der Waals surface area contributed by atoms with Crippen molar-refractivity contribution in [1.29, 1.82) is 0 Å². The number of ether oxygens (including phenoxy) is 1. The Bertz CT molecular complexity index is 1350. The number of rotatable bonds is 4. The highest BCUT2D eigenvalue weighted by atomic mass is 19.1. The summed E-state index contributed by atoms with van der Waals surface area (Å²) in [5, 5.41) is 7.54. The molecule has 6 rings (SSSR count). The molecule has 34 heavy (non-hydrogen) atoms. The van der Waals surface area contributed by atoms with E-state index in [1.165, 1.54) is 19.4 Å². The van der Waals surface area contributed by atoms with Crippen LogP contribution in [0.1, 0.15) is 18.4 Å². The number of nitrogens with zero attached hydrogens (tertiary/aromatic N) is 5. The predicted molar refractivity (Wildman–Crippen MR) is 131 cm³/mol. The number of H-pyrrole nitrogens is 1. The van der Waals surface area contributed by atoms with E-state index in [0.29, 0.717) is 39.8 Å². The third-order valence-corrected chi connectivity index (χ3v) is 7.10. The smallest absolute Gasteiger partial charge is 0.147 e. The quantitative estimate of drug-likeness (QED) is 0.488. The molecule has 2 fully saturated rings. The average molecular weight is 459 g/mol. The molecule has 2 saturated heterocycles. The van der Waals surface area contributed by atoms with Gasteiger partial charge in [0.05, 0.1) is 12.6 Å². The average Bonchev–Trinajstić information content (AvgIpc) is 3.51. The SMILES string of the molecule is COc1cc2[nH]nc(-c3ccc(N4CCN5CCCC5C4)nc3)c2nc1-c1cccc(C)c1F. The molecule has 2 aliphatic rings. The van der Waals surface area contributed by atoms with Gasteiger partial charge in [-0.1, -0.05) is 12.1 Å². The molecule has 5 heterocycles. The zero-order valence-corrected chi connectivity index (χ0v) is 19.4. The van der Waals surface area contributed by atoms with Gasteiger partial charge in [-0.3, -0.25) is 10.00 Å². The topological polar surface area (TPSA) is 70.2 Å². The molecule has 3 aromatic heterocycles. The minimum atomic E-state index is -0.300. The Morgan fingerprint density at radius 1 is 1.12 bits per heavy atom. The van der Waals surface area contributed by atoms with Crippen molar-refractivity contribution in [2.24, 2.45) is 0 Å². The molecule has 8 heteroatoms. The number of fused-ring (bicyclic) bond motifs is 2. The zero-order chi connectivity index (χ0) is 23.2. The van der Waals surface area contributed by atoms with Crippen molar-refractivity contribution in [3.63, 3.8) is 0 Å². The number of aromatic amines is 1. The van der Waals surface area contributed by atoms with Crippen molar-refractivity contribution in [3.05, 3.63) is 54.0 Å². The van der Waals surface area contributed by atoms with Crippen LogP contribution in [0.2, 0.25) is 0 Å². The summed E-state index contributed by atoms with van der Waals surface area (Å²) in [5.74, 6) is 1.19. The summed E-state index contributed by atoms with van der Waals surface area (Å²) in [4.78, 5) is 14.5. The van der Waals surface area contributed by atoms with E-state index in [1.54, 1.807) is 26.2 Å². The van der Waals surface area contributed by atoms with Crippen LogP contribution in [0.5, 0.6) is 5.75 Å². The summed E-state index contributed by atoms with van der Waals surface area (Å²) in [6.07, 6.45) is 4.42. The van der Waals surface area contributed by atoms with Gasteiger partial charge in [-0.05, 0) is 50.1 Å². The molecular weight excluding hydrogens is 431 g/mol. The number of hydrogen-bond donors (Lipinski definition) is 1. The highest BCUT2D eigenvalue weighted by Gasteiger charge is 2.31. The predicted octanol–water partition coefficient (Wildman–Crippen LogP) is 4.43. The first-order valence-electron chi connectivity index (χ1n) is 11.8. The lowest BCUT2D eigenvalue weighted by molar-refractivity contribution is 0.230. The molecule has 4 aromatic rings. The van der Waals surface area contributed by atoms with Crippen LogP contribution in [0.15, 0.2) is 42.6 Å². The van der Waals surface area contributed by atoms with Gasteiger partial charge in [0.25, 0.3) is 0 Å². The Hall–Kier alpha value is -3.52. The van der Waals surface area contributed by atoms with Gasteiger partial charge in [0.1, 0.15) is 34.3 Å². The molecule has 1 N–H and O–H groups in total. The number of halogens is 1. The van der Waals surface area contributed by atoms with Crippen LogP contribution in [0.3, 0.4) is 0 Å². The normalized spacial score (nSPS) is 18.4. The first kappa shape index (κ1) is 21.0. The lowest BCUT2D eigenvalue weighted by Crippen LogP contribution is -2.50. The Labute approximate surface area is 197 Å². The van der Waals surface area contributed by atoms with Gasteiger partial charge in [-0.15, -0.1) is 0 Å². The largest absolute Gasteiger partial charge is 0.494 e. The van der Waals surface area contributed by atoms with Crippen LogP contribution in [0.4, 0.5) is 10.2 Å². The van der Waals surface area contributed by atoms with Crippen LogP contribution < -0.4 is 9.64 Å². The summed E-state index contributed by atoms with van der Waals surface area (Å²) in [6, 6.07) is 11.8. The fourth-order valence-electron chi connectivity index (χ4n) is 5.22. The third-order valence-electron chi connectivity index (χ3n) is 7.10. The van der Waals surface area contributed by atoms with Crippen LogP contribution in [-0.4, -0.2) is 64.4 Å². The Morgan fingerprint density at radius 2 is 2.03 bits per heavy atom. The zero-order valence-electron chi connectivity index (χ0n) is 19.4. The molecule has 0 aliphatic carbocycles. The first-order chi connectivity index (χ1) is 16.6. The number of nitrogens with one attached hydrogen (secondary N) is 1. The molecule has 0 spiro atoms. The summed E-state index contributed by atoms with van der Waals surface area (Å²) < 4.78 is 20.5. The molecule has 1 unspecified atom stereocenters. The fourth-order valence-corrected chi connectivity index (χ4v) is 5.22. The molecule has 174 valence electrons. The highest BCUT2D eigenvalue weighted by molar-refractivity contribution is 5.92. The molecule has 0 radical (unpaired) electrons. The highest BCUT2D eigenvalue weighted by Crippen LogP contribution is 2.36. The van der Waals surface area contributed by atoms with E-state index in [9.17, 15) is 4.39 Å². The minimum Gasteiger partial charge on any atom is -0.494 e. The molecule has 2 aliphatic heterocycles. The Morgan fingerprint density at radius 3 is 2.85 bits per heavy atom. The van der Waals surface area contributed by atoms with Crippen molar-refractivity contribution in [1.82, 2.24) is 25.1 Å². The van der Waals surface area contributed by atoms with Crippen molar-refractivity contribution in [2.75, 3.05) is 38.2 Å². The van der Waals surface area contributed by atoms with Crippen LogP contribution >= 0.6 is 0 Å². The summed E-state index contributed by atoms with van der Waals surface area (Å²) in [7, 11) is 1.56. The molecule has 1 aromatic carbocycles. The van der Waals surface area contributed by atoms with Gasteiger partial charge in [-0.2, -0.15) is 5.10 Å². The second-order valence-corrected chi connectivity index (χ2v) is 9.13. The maximum absolute atomic E-state index is 14.9. The summed E-state index contributed by atoms with van der Waals surface area (Å²) in [6.45, 7) is 6.10. The van der Waals surface area contributed by atoms with E-state index in [1.807, 2.05) is 24.4 Å². The maximum atomic E-state index is 14.9. The van der Waals surface area contributed by atoms with Crippen molar-refractivity contribution >= 4 is 16.9 Å². The summed E-state index contributed by atoms with van der Waals surface area (Å²) >= 11 is 0. The molecule has 0 amide bonds. The molecule has 0 bridgehead atoms. The minimum absolute atomic E-state index is 0.300. The van der Waals surface area contributed by atoms with E-state index in [2.05, 4.69) is 26.1 Å². The van der Waals surface area contributed by atoms with Gasteiger partial charge >= 0.3 is 0 Å². The monoisotopic (exact) mass is 458 g/mol. The second-order valence-electron chi connectivity index (χ2n) is 9.13. The Kier molecular flexibility index (Phi) is 5.17. The van der Waals surface area contributed by atoms with Crippen molar-refractivity contribution < 1.29 is 9.13 Å². The number of piperazine rings is 1. The van der Waals surface area contributed by atoms with Gasteiger partial charge in [0, 0.05) is 49.1 Å². The maximum Gasteiger partial charge on any atom is 0.147 e. The van der Waals surface area contributed by atoms with E-state index in [0.717, 1.165) is 36.5 Å². The van der Waals surface area contributed by atoms with E-state index >= 15 is 0 Å². The van der Waals surface area contributed by atoms with E-state index < -0.39 is 0 Å². The molecule has 7 nitrogen and oxygen atoms in total. The first-order valence-corrected chi connectivity index (χ1v) is 11.8. The van der Waals surface area contributed by atoms with Crippen LogP contribution in [0.25, 0.3) is 33.5 Å². The molecule has 0 saturated carbocycles. The van der Waals surface area contributed by atoms with E-state index in [-0.39, 0.29) is 5.82 Å². The Balaban J connectivity index is 1.35. The third kappa shape index (κ3) is 3.49. The lowest BCUT2D eigenvalue weighted by atomic mass is 10.1. The standard InChI is InChI=1S/C26H27FN6O/c1-16-5-3-7-19(23(16)27)25-21(34-2)13-20-26(29-25)24(31-30-20)17-8-9-22(28-14-17)33-12-11-32-10-4-6-18(32)15-33/h3,5,7-9,13-14,18H,4,6,10-12,15H2,1-2H3,(H,30,31). The van der Waals surface area contributed by atoms with Gasteiger partial charge in [0.2, 0.25) is 0 Å². The number of benzene rings is 1. The second kappa shape index (κ2) is 8.36. The fraction of sp³-hybridized carbons (Fsp3) is 0.346. The number of anilines is 1. The van der Waals surface area contributed by atoms with Crippen molar-refractivity contribution in [3.8, 4) is 28.3 Å². The van der Waals surface area contributed by atoms with E-state index in [4.69, 9.17) is 14.7 Å². The van der Waals surface area contributed by atoms with Gasteiger partial charge in [0.15, 0.2) is 0 Å². The summed E-state index contributed by atoms with van der Waals surface area (Å²) in [5.41, 5.74) is 4.36. The number of methoxy groups -OCH3 is 1. The van der Waals surface area contributed by atoms with Gasteiger partial charge in [-0.25, -0.2) is 14.4 Å². The number of pyridine rings is 2. The van der Waals surface area contributed by atoms with Crippen molar-refractivity contribution in [2.45, 2.75) is 25.8 Å². The number of aryl methyl sites for hydroxylation is 1. The molecule has 1 atom stereocenters. The van der Waals surface area contributed by atoms with Crippen LogP contribution in [0, 0.1) is 12.7 Å². The number of hydrogen-bond acceptors (Lipinski definition) is 6.